The number of rotatable bonds is 7. The normalized spacial score (nSPS) is 7.80. The van der Waals surface area contributed by atoms with Gasteiger partial charge >= 0.3 is 130 Å². The number of hydrogen-bond donors (Lipinski definition) is 0. The molecule has 10 heteroatoms. The van der Waals surface area contributed by atoms with Crippen molar-refractivity contribution in [1.82, 2.24) is 0 Å². The molecule has 0 aliphatic rings. The summed E-state index contributed by atoms with van der Waals surface area (Å²) in [6.45, 7) is 27.0. The van der Waals surface area contributed by atoms with Crippen molar-refractivity contribution in [3.05, 3.63) is 197 Å². The van der Waals surface area contributed by atoms with Crippen LogP contribution < -0.4 is 21.2 Å². The van der Waals surface area contributed by atoms with Crippen LogP contribution in [0.1, 0.15) is 5.56 Å². The molecule has 6 nitrogen and oxygen atoms in total. The molecule has 0 unspecified atom stereocenters. The monoisotopic (exact) mass is 764 g/mol. The van der Waals surface area contributed by atoms with E-state index >= 15 is 0 Å². The van der Waals surface area contributed by atoms with E-state index in [2.05, 4.69) is 181 Å². The van der Waals surface area contributed by atoms with Crippen LogP contribution in [0.3, 0.4) is 0 Å². The third-order valence-electron chi connectivity index (χ3n) is 5.58. The zero-order chi connectivity index (χ0) is 36.8. The molecule has 0 atom stereocenters. The van der Waals surface area contributed by atoms with E-state index in [9.17, 15) is 0 Å². The summed E-state index contributed by atoms with van der Waals surface area (Å²) in [5.41, 5.74) is 1.16. The standard InChI is InChI=1S/C25H22P2.C8H6.6CO.2Mn/c1-5-13-22(14-6-1)26(23-15-7-2-8-16-23)21-27(24-17-9-3-10-18-24)25-19-11-4-12-20-25;1-2-8-6-4-3-5-7-8;6*1-2;;/h1-20H,21H2;2-7H;;;;;;;;. The third kappa shape index (κ3) is 22.4. The molecule has 0 aliphatic carbocycles. The van der Waals surface area contributed by atoms with Gasteiger partial charge in [-0.15, -0.1) is 0 Å². The predicted octanol–water partition coefficient (Wildman–Crippen LogP) is 6.63. The van der Waals surface area contributed by atoms with Crippen LogP contribution in [0.4, 0.5) is 0 Å². The quantitative estimate of drug-likeness (QED) is 0.0766. The van der Waals surface area contributed by atoms with E-state index in [4.69, 9.17) is 27.9 Å². The maximum atomic E-state index is 7.50. The van der Waals surface area contributed by atoms with Crippen LogP contribution in [0, 0.1) is 39.9 Å². The summed E-state index contributed by atoms with van der Waals surface area (Å²) in [6.07, 6.45) is 1.88. The van der Waals surface area contributed by atoms with Crippen molar-refractivity contribution < 1.29 is 60.6 Å². The predicted molar refractivity (Wildman–Crippen MR) is 183 cm³/mol. The molecule has 0 N–H and O–H groups in total. The molecule has 0 spiro atoms. The van der Waals surface area contributed by atoms with Crippen molar-refractivity contribution in [1.29, 1.82) is 0 Å². The molecule has 5 aromatic rings. The van der Waals surface area contributed by atoms with Gasteiger partial charge in [-0.25, -0.2) is 0 Å². The summed E-state index contributed by atoms with van der Waals surface area (Å²) in [6, 6.07) is 54.2. The fourth-order valence-electron chi connectivity index (χ4n) is 3.81. The van der Waals surface area contributed by atoms with Crippen LogP contribution in [-0.4, -0.2) is 10.5 Å². The average Bonchev–Trinajstić information content (AvgIpc) is 3.22. The Labute approximate surface area is 309 Å². The Balaban J connectivity index is -0.000000386. The van der Waals surface area contributed by atoms with E-state index in [1.165, 1.54) is 27.1 Å². The Kier molecular flexibility index (Phi) is 42.7. The zero-order valence-corrected chi connectivity index (χ0v) is 30.0. The van der Waals surface area contributed by atoms with E-state index in [-0.39, 0.29) is 17.1 Å². The van der Waals surface area contributed by atoms with Gasteiger partial charge < -0.3 is 0 Å². The summed E-state index contributed by atoms with van der Waals surface area (Å²) < 4.78 is 47.8. The molecule has 0 saturated carbocycles. The fourth-order valence-corrected chi connectivity index (χ4v) is 10.5. The molecular formula is C39H28Mn2O6P2. The maximum absolute atomic E-state index is 7.50. The van der Waals surface area contributed by atoms with Crippen LogP contribution in [0.15, 0.2) is 152 Å². The van der Waals surface area contributed by atoms with E-state index < -0.39 is 15.8 Å². The van der Waals surface area contributed by atoms with Gasteiger partial charge in [-0.2, -0.15) is 0 Å². The van der Waals surface area contributed by atoms with Gasteiger partial charge in [0, 0.05) is 23.0 Å². The second-order valence-corrected chi connectivity index (χ2v) is 13.3. The number of benzene rings is 5. The second-order valence-electron chi connectivity index (χ2n) is 8.00. The smallest absolute Gasteiger partial charge is 0.00405 e. The van der Waals surface area contributed by atoms with Gasteiger partial charge in [0.2, 0.25) is 0 Å². The Morgan fingerprint density at radius 1 is 0.408 bits per heavy atom. The summed E-state index contributed by atoms with van der Waals surface area (Å²) in [5.74, 6) is 1.17. The van der Waals surface area contributed by atoms with Crippen molar-refractivity contribution in [2.24, 2.45) is 0 Å². The zero-order valence-electron chi connectivity index (χ0n) is 25.8. The Morgan fingerprint density at radius 3 is 0.816 bits per heavy atom. The van der Waals surface area contributed by atoms with Gasteiger partial charge in [-0.1, -0.05) is 121 Å². The van der Waals surface area contributed by atoms with Crippen LogP contribution >= 0.6 is 15.8 Å². The summed E-state index contributed by atoms with van der Waals surface area (Å²) in [7, 11) is -0.817. The first-order valence-electron chi connectivity index (χ1n) is 13.1. The number of hydrogen-bond acceptors (Lipinski definition) is 0. The van der Waals surface area contributed by atoms with E-state index in [1.807, 2.05) is 36.4 Å². The molecular weight excluding hydrogens is 736 g/mol. The molecule has 5 rings (SSSR count). The first-order valence-corrected chi connectivity index (χ1v) is 16.7. The summed E-state index contributed by atoms with van der Waals surface area (Å²) >= 11 is 3.08. The molecule has 0 saturated heterocycles. The second kappa shape index (κ2) is 40.3. The minimum absolute atomic E-state index is 0. The van der Waals surface area contributed by atoms with Crippen LogP contribution in [0.2, 0.25) is 0 Å². The molecule has 5 aromatic carbocycles. The van der Waals surface area contributed by atoms with E-state index in [0.29, 0.717) is 0 Å². The van der Waals surface area contributed by atoms with Crippen molar-refractivity contribution in [2.45, 2.75) is 0 Å². The molecule has 0 fully saturated rings. The van der Waals surface area contributed by atoms with E-state index in [0.717, 1.165) is 5.56 Å². The third-order valence-corrected chi connectivity index (χ3v) is 11.7. The van der Waals surface area contributed by atoms with Gasteiger partial charge in [0.1, 0.15) is 0 Å². The first kappa shape index (κ1) is 51.9. The first-order chi connectivity index (χ1) is 23.8. The maximum Gasteiger partial charge on any atom is 0.00405 e. The van der Waals surface area contributed by atoms with Gasteiger partial charge in [-0.3, -0.25) is 0 Å². The molecule has 0 aliphatic heterocycles. The van der Waals surface area contributed by atoms with Crippen LogP contribution in [0.25, 0.3) is 6.08 Å². The molecule has 49 heavy (non-hydrogen) atoms. The van der Waals surface area contributed by atoms with Gasteiger partial charge in [-0.05, 0) is 37.1 Å². The minimum atomic E-state index is -0.409. The molecule has 0 heterocycles. The summed E-state index contributed by atoms with van der Waals surface area (Å²) in [4.78, 5) is 0. The Bertz CT molecular complexity index is 1430. The van der Waals surface area contributed by atoms with Crippen LogP contribution in [0.5, 0.6) is 0 Å². The fraction of sp³-hybridized carbons (Fsp3) is 0.0256. The molecule has 244 valence electrons. The largest absolute Gasteiger partial charge is 0.0622 e. The molecule has 0 bridgehead atoms. The van der Waals surface area contributed by atoms with Crippen molar-refractivity contribution in [2.75, 3.05) is 5.90 Å². The SMILES string of the molecule is [C-]#[O+].[C-]#[O+].[C-]#[O+].[C-]#[O+].[C-]#[O+].[C-]#[O+].[Mn].[Mn]=[C]=Cc1ccccc1.c1ccc(P(CP(c2ccccc2)c2ccccc2)c2ccccc2)cc1. The Hall–Kier alpha value is -3.91. The van der Waals surface area contributed by atoms with Crippen molar-refractivity contribution >= 4 is 47.7 Å². The van der Waals surface area contributed by atoms with Gasteiger partial charge in [0.05, 0.1) is 0 Å². The van der Waals surface area contributed by atoms with Crippen molar-refractivity contribution in [3.8, 4) is 0 Å². The minimum Gasteiger partial charge on any atom is -0.0622 e. The van der Waals surface area contributed by atoms with Gasteiger partial charge in [0.25, 0.3) is 0 Å². The molecule has 0 amide bonds. The van der Waals surface area contributed by atoms with Gasteiger partial charge in [0.15, 0.2) is 0 Å². The van der Waals surface area contributed by atoms with Crippen molar-refractivity contribution in [3.63, 3.8) is 0 Å². The topological polar surface area (TPSA) is 119 Å². The van der Waals surface area contributed by atoms with E-state index in [1.54, 1.807) is 0 Å². The average molecular weight is 764 g/mol. The summed E-state index contributed by atoms with van der Waals surface area (Å²) in [5, 5.41) is 5.83. The van der Waals surface area contributed by atoms with Crippen LogP contribution in [-0.2, 0) is 60.6 Å². The Morgan fingerprint density at radius 2 is 0.612 bits per heavy atom. The molecule has 1 radical (unpaired) electrons. The molecule has 0 aromatic heterocycles.